The number of hydrogen-bond donors (Lipinski definition) is 3. The minimum absolute atomic E-state index is 0.0138. The Labute approximate surface area is 214 Å². The fourth-order valence-corrected chi connectivity index (χ4v) is 5.27. The van der Waals surface area contributed by atoms with Crippen LogP contribution in [-0.4, -0.2) is 43.8 Å². The van der Waals surface area contributed by atoms with Gasteiger partial charge in [0, 0.05) is 30.1 Å². The van der Waals surface area contributed by atoms with Gasteiger partial charge in [0.15, 0.2) is 0 Å². The van der Waals surface area contributed by atoms with Crippen molar-refractivity contribution in [3.8, 4) is 11.1 Å². The monoisotopic (exact) mass is 510 g/mol. The van der Waals surface area contributed by atoms with Gasteiger partial charge in [-0.1, -0.05) is 12.1 Å². The number of carbonyl (C=O) groups excluding carboxylic acids is 2. The summed E-state index contributed by atoms with van der Waals surface area (Å²) < 4.78 is 28.2. The van der Waals surface area contributed by atoms with Crippen LogP contribution in [0.3, 0.4) is 0 Å². The molecule has 0 radical (unpaired) electrons. The summed E-state index contributed by atoms with van der Waals surface area (Å²) in [4.78, 5) is 26.8. The molecule has 3 aromatic rings. The first kappa shape index (κ1) is 25.1. The van der Waals surface area contributed by atoms with Gasteiger partial charge in [-0.25, -0.2) is 8.78 Å². The quantitative estimate of drug-likeness (QED) is 0.367. The van der Waals surface area contributed by atoms with Gasteiger partial charge in [0.2, 0.25) is 5.91 Å². The van der Waals surface area contributed by atoms with E-state index in [1.165, 1.54) is 12.3 Å². The third kappa shape index (κ3) is 5.73. The standard InChI is InChI=1S/C27H32F2N6O2/c1-15-22(16(2)34-33-15)17-8-10-20(11-9-17)31-26(37)24(23(18-4-5-18)19-6-7-19)32-25(36)21-12-13-30-35(21)14-27(3,28)29/h8-13,18-19,23-24H,4-7,14H2,1-3H3,(H,31,37)(H,32,36)(H,33,34)/t24-/m0/s1. The second kappa shape index (κ2) is 9.72. The molecule has 196 valence electrons. The number of H-pyrrole nitrogens is 1. The van der Waals surface area contributed by atoms with Crippen LogP contribution in [0.1, 0.15) is 54.5 Å². The maximum Gasteiger partial charge on any atom is 0.270 e. The van der Waals surface area contributed by atoms with Gasteiger partial charge in [-0.15, -0.1) is 0 Å². The molecule has 10 heteroatoms. The van der Waals surface area contributed by atoms with Gasteiger partial charge in [-0.05, 0) is 81.0 Å². The van der Waals surface area contributed by atoms with E-state index in [1.54, 1.807) is 0 Å². The van der Waals surface area contributed by atoms with Crippen molar-refractivity contribution in [2.45, 2.75) is 65.0 Å². The normalized spacial score (nSPS) is 16.6. The molecule has 0 spiro atoms. The van der Waals surface area contributed by atoms with E-state index >= 15 is 0 Å². The highest BCUT2D eigenvalue weighted by atomic mass is 19.3. The molecule has 2 aromatic heterocycles. The number of nitrogens with zero attached hydrogens (tertiary/aromatic N) is 3. The van der Waals surface area contributed by atoms with Crippen LogP contribution >= 0.6 is 0 Å². The van der Waals surface area contributed by atoms with Crippen LogP contribution in [0.5, 0.6) is 0 Å². The van der Waals surface area contributed by atoms with E-state index < -0.39 is 24.4 Å². The molecule has 2 heterocycles. The van der Waals surface area contributed by atoms with Gasteiger partial charge in [0.1, 0.15) is 18.3 Å². The van der Waals surface area contributed by atoms with Crippen molar-refractivity contribution in [1.29, 1.82) is 0 Å². The molecule has 2 aliphatic carbocycles. The largest absolute Gasteiger partial charge is 0.339 e. The summed E-state index contributed by atoms with van der Waals surface area (Å²) in [5.41, 5.74) is 4.51. The molecular formula is C27H32F2N6O2. The van der Waals surface area contributed by atoms with E-state index in [4.69, 9.17) is 0 Å². The highest BCUT2D eigenvalue weighted by Crippen LogP contribution is 2.51. The number of aromatic nitrogens is 4. The molecule has 0 bridgehead atoms. The predicted octanol–water partition coefficient (Wildman–Crippen LogP) is 4.72. The minimum atomic E-state index is -3.03. The Morgan fingerprint density at radius 1 is 1.11 bits per heavy atom. The molecule has 0 saturated heterocycles. The maximum atomic E-state index is 13.6. The summed E-state index contributed by atoms with van der Waals surface area (Å²) in [6.45, 7) is 3.96. The third-order valence-electron chi connectivity index (χ3n) is 7.23. The Morgan fingerprint density at radius 2 is 1.76 bits per heavy atom. The first-order chi connectivity index (χ1) is 17.6. The molecule has 2 aliphatic rings. The number of nitrogens with one attached hydrogen (secondary N) is 3. The molecule has 1 aromatic carbocycles. The van der Waals surface area contributed by atoms with Gasteiger partial charge in [-0.3, -0.25) is 19.4 Å². The molecule has 0 aliphatic heterocycles. The lowest BCUT2D eigenvalue weighted by atomic mass is 9.88. The van der Waals surface area contributed by atoms with E-state index in [9.17, 15) is 18.4 Å². The van der Waals surface area contributed by atoms with E-state index in [1.807, 2.05) is 38.1 Å². The molecule has 3 N–H and O–H groups in total. The minimum Gasteiger partial charge on any atom is -0.339 e. The second-order valence-corrected chi connectivity index (χ2v) is 10.5. The van der Waals surface area contributed by atoms with Gasteiger partial charge in [0.05, 0.1) is 5.69 Å². The number of aryl methyl sites for hydroxylation is 2. The lowest BCUT2D eigenvalue weighted by Crippen LogP contribution is -2.50. The average Bonchev–Trinajstić information content (AvgIpc) is 3.76. The van der Waals surface area contributed by atoms with Crippen LogP contribution in [0.15, 0.2) is 36.5 Å². The van der Waals surface area contributed by atoms with Crippen LogP contribution in [-0.2, 0) is 11.3 Å². The van der Waals surface area contributed by atoms with Crippen LogP contribution in [0.25, 0.3) is 11.1 Å². The van der Waals surface area contributed by atoms with E-state index in [2.05, 4.69) is 25.9 Å². The van der Waals surface area contributed by atoms with Crippen LogP contribution < -0.4 is 10.6 Å². The first-order valence-corrected chi connectivity index (χ1v) is 12.7. The summed E-state index contributed by atoms with van der Waals surface area (Å²) in [6.07, 6.45) is 5.43. The number of halogens is 2. The average molecular weight is 511 g/mol. The molecule has 5 rings (SSSR count). The number of carbonyl (C=O) groups is 2. The molecule has 8 nitrogen and oxygen atoms in total. The molecule has 0 unspecified atom stereocenters. The van der Waals surface area contributed by atoms with E-state index in [0.29, 0.717) is 17.5 Å². The van der Waals surface area contributed by atoms with E-state index in [0.717, 1.165) is 59.8 Å². The second-order valence-electron chi connectivity index (χ2n) is 10.5. The zero-order valence-electron chi connectivity index (χ0n) is 21.2. The first-order valence-electron chi connectivity index (χ1n) is 12.7. The zero-order chi connectivity index (χ0) is 26.3. The van der Waals surface area contributed by atoms with Crippen molar-refractivity contribution in [1.82, 2.24) is 25.3 Å². The van der Waals surface area contributed by atoms with Crippen molar-refractivity contribution < 1.29 is 18.4 Å². The highest BCUT2D eigenvalue weighted by molar-refractivity contribution is 6.01. The molecule has 37 heavy (non-hydrogen) atoms. The number of rotatable bonds is 10. The third-order valence-corrected chi connectivity index (χ3v) is 7.23. The number of benzene rings is 1. The Balaban J connectivity index is 1.35. The van der Waals surface area contributed by atoms with E-state index in [-0.39, 0.29) is 17.5 Å². The van der Waals surface area contributed by atoms with Crippen molar-refractivity contribution >= 4 is 17.5 Å². The number of aromatic amines is 1. The Bertz CT molecular complexity index is 1250. The lowest BCUT2D eigenvalue weighted by molar-refractivity contribution is -0.119. The topological polar surface area (TPSA) is 105 Å². The molecule has 1 atom stereocenters. The number of anilines is 1. The number of amides is 2. The highest BCUT2D eigenvalue weighted by Gasteiger charge is 2.48. The number of alkyl halides is 2. The van der Waals surface area contributed by atoms with Crippen LogP contribution in [0.4, 0.5) is 14.5 Å². The Morgan fingerprint density at radius 3 is 2.30 bits per heavy atom. The molecule has 2 fully saturated rings. The predicted molar refractivity (Wildman–Crippen MR) is 135 cm³/mol. The SMILES string of the molecule is Cc1n[nH]c(C)c1-c1ccc(NC(=O)[C@@H](NC(=O)c2ccnn2CC(C)(F)F)C(C2CC2)C2CC2)cc1. The van der Waals surface area contributed by atoms with Crippen molar-refractivity contribution in [2.75, 3.05) is 5.32 Å². The smallest absolute Gasteiger partial charge is 0.270 e. The Kier molecular flexibility index (Phi) is 6.59. The van der Waals surface area contributed by atoms with Crippen LogP contribution in [0, 0.1) is 31.6 Å². The Hall–Kier alpha value is -3.56. The maximum absolute atomic E-state index is 13.6. The molecular weight excluding hydrogens is 478 g/mol. The summed E-state index contributed by atoms with van der Waals surface area (Å²) in [6, 6.07) is 8.15. The number of hydrogen-bond acceptors (Lipinski definition) is 4. The summed E-state index contributed by atoms with van der Waals surface area (Å²) in [7, 11) is 0. The van der Waals surface area contributed by atoms with Crippen molar-refractivity contribution in [3.05, 3.63) is 53.6 Å². The fraction of sp³-hybridized carbons (Fsp3) is 0.481. The van der Waals surface area contributed by atoms with Crippen LogP contribution in [0.2, 0.25) is 0 Å². The lowest BCUT2D eigenvalue weighted by Gasteiger charge is -2.27. The zero-order valence-corrected chi connectivity index (χ0v) is 21.2. The van der Waals surface area contributed by atoms with Gasteiger partial charge in [-0.2, -0.15) is 10.2 Å². The summed E-state index contributed by atoms with van der Waals surface area (Å²) >= 11 is 0. The molecule has 2 amide bonds. The van der Waals surface area contributed by atoms with Crippen molar-refractivity contribution in [2.24, 2.45) is 17.8 Å². The van der Waals surface area contributed by atoms with Gasteiger partial charge < -0.3 is 10.6 Å². The van der Waals surface area contributed by atoms with Gasteiger partial charge in [0.25, 0.3) is 11.8 Å². The van der Waals surface area contributed by atoms with Crippen molar-refractivity contribution in [3.63, 3.8) is 0 Å². The van der Waals surface area contributed by atoms with Gasteiger partial charge >= 0.3 is 0 Å². The summed E-state index contributed by atoms with van der Waals surface area (Å²) in [5.74, 6) is -3.13. The fourth-order valence-electron chi connectivity index (χ4n) is 5.27. The summed E-state index contributed by atoms with van der Waals surface area (Å²) in [5, 5.41) is 17.0. The molecule has 2 saturated carbocycles.